The molecular weight excluding hydrogens is 386 g/mol. The minimum Gasteiger partial charge on any atom is -0.385 e. The Bertz CT molecular complexity index is 1100. The molecule has 0 fully saturated rings. The van der Waals surface area contributed by atoms with Gasteiger partial charge in [0.1, 0.15) is 10.9 Å². The number of aromatic nitrogens is 3. The topological polar surface area (TPSA) is 112 Å². The molecule has 0 aliphatic rings. The number of pyridine rings is 2. The summed E-state index contributed by atoms with van der Waals surface area (Å²) >= 11 is 0. The smallest absolute Gasteiger partial charge is 0.278 e. The molecule has 9 nitrogen and oxygen atoms in total. The van der Waals surface area contributed by atoms with Crippen LogP contribution in [0.1, 0.15) is 30.1 Å². The van der Waals surface area contributed by atoms with Crippen molar-refractivity contribution in [1.82, 2.24) is 14.7 Å². The van der Waals surface area contributed by atoms with Crippen molar-refractivity contribution in [2.24, 2.45) is 0 Å². The molecule has 0 aliphatic heterocycles. The highest BCUT2D eigenvalue weighted by molar-refractivity contribution is 6.00. The van der Waals surface area contributed by atoms with Gasteiger partial charge in [0.15, 0.2) is 0 Å². The molecule has 3 aromatic rings. The monoisotopic (exact) mass is 414 g/mol. The number of rotatable bonds is 10. The number of carbonyl (C=O) groups is 1. The van der Waals surface area contributed by atoms with Crippen LogP contribution < -0.4 is 21.2 Å². The molecular formula is C21H28N5O4+. The molecule has 0 saturated carbocycles. The number of amides is 1. The summed E-state index contributed by atoms with van der Waals surface area (Å²) in [7, 11) is 1.61. The van der Waals surface area contributed by atoms with Crippen LogP contribution in [0.5, 0.6) is 0 Å². The number of nitrogen functional groups attached to an aromatic ring is 1. The molecule has 0 saturated heterocycles. The number of hydrogen-bond acceptors (Lipinski definition) is 6. The maximum atomic E-state index is 13.1. The minimum atomic E-state index is -0.332. The summed E-state index contributed by atoms with van der Waals surface area (Å²) in [6.45, 7) is 4.56. The van der Waals surface area contributed by atoms with E-state index < -0.39 is 0 Å². The molecule has 160 valence electrons. The summed E-state index contributed by atoms with van der Waals surface area (Å²) in [6.07, 6.45) is 3.01. The molecule has 30 heavy (non-hydrogen) atoms. The molecule has 3 aromatic heterocycles. The predicted molar refractivity (Wildman–Crippen MR) is 114 cm³/mol. The number of methoxy groups -OCH3 is 1. The number of nitrogens with two attached hydrogens (primary N) is 1. The van der Waals surface area contributed by atoms with Crippen molar-refractivity contribution in [3.05, 3.63) is 46.4 Å². The van der Waals surface area contributed by atoms with E-state index in [1.165, 1.54) is 10.5 Å². The molecule has 0 aliphatic carbocycles. The lowest BCUT2D eigenvalue weighted by molar-refractivity contribution is -0.659. The predicted octanol–water partition coefficient (Wildman–Crippen LogP) is 0.910. The fourth-order valence-corrected chi connectivity index (χ4v) is 3.29. The van der Waals surface area contributed by atoms with Crippen molar-refractivity contribution in [1.29, 1.82) is 0 Å². The SMILES string of the molecule is CCOCCC[n+]1c(N)c(C(=O)NCCCOC)cc2c(=O)n3ccccc3nc21. The van der Waals surface area contributed by atoms with Gasteiger partial charge in [-0.3, -0.25) is 14.0 Å². The van der Waals surface area contributed by atoms with Crippen LogP contribution in [0.4, 0.5) is 5.82 Å². The molecule has 3 rings (SSSR count). The highest BCUT2D eigenvalue weighted by atomic mass is 16.5. The standard InChI is InChI=1S/C21H27N5O4/c1-3-30-13-7-11-26-18(22)15(20(27)23-9-6-12-29-2)14-16-19(26)24-17-8-4-5-10-25(17)21(16)28/h4-5,8,10,14,22H,3,6-7,9,11-13H2,1-2H3,(H,23,27)/p+1. The van der Waals surface area contributed by atoms with E-state index in [2.05, 4.69) is 10.3 Å². The third kappa shape index (κ3) is 4.58. The van der Waals surface area contributed by atoms with Gasteiger partial charge in [0.2, 0.25) is 11.5 Å². The van der Waals surface area contributed by atoms with Gasteiger partial charge in [-0.2, -0.15) is 0 Å². The van der Waals surface area contributed by atoms with Crippen LogP contribution in [0.2, 0.25) is 0 Å². The number of carbonyl (C=O) groups excluding carboxylic acids is 1. The molecule has 9 heteroatoms. The van der Waals surface area contributed by atoms with Crippen molar-refractivity contribution >= 4 is 28.4 Å². The zero-order valence-corrected chi connectivity index (χ0v) is 17.4. The van der Waals surface area contributed by atoms with Crippen LogP contribution in [0.3, 0.4) is 0 Å². The van der Waals surface area contributed by atoms with Gasteiger partial charge < -0.3 is 20.5 Å². The maximum Gasteiger partial charge on any atom is 0.278 e. The second-order valence-electron chi connectivity index (χ2n) is 6.83. The van der Waals surface area contributed by atoms with Crippen molar-refractivity contribution in [3.8, 4) is 0 Å². The summed E-state index contributed by atoms with van der Waals surface area (Å²) in [6, 6.07) is 6.87. The van der Waals surface area contributed by atoms with E-state index in [1.807, 2.05) is 13.0 Å². The Labute approximate surface area is 174 Å². The maximum absolute atomic E-state index is 13.1. The lowest BCUT2D eigenvalue weighted by Crippen LogP contribution is -2.43. The van der Waals surface area contributed by atoms with Crippen molar-refractivity contribution in [2.75, 3.05) is 39.2 Å². The number of hydrogen-bond donors (Lipinski definition) is 2. The number of nitrogens with one attached hydrogen (secondary N) is 1. The summed E-state index contributed by atoms with van der Waals surface area (Å²) in [4.78, 5) is 30.5. The van der Waals surface area contributed by atoms with Crippen molar-refractivity contribution in [3.63, 3.8) is 0 Å². The Hall–Kier alpha value is -3.04. The van der Waals surface area contributed by atoms with Gasteiger partial charge in [0.05, 0.1) is 6.54 Å². The zero-order valence-electron chi connectivity index (χ0n) is 17.4. The molecule has 0 radical (unpaired) electrons. The van der Waals surface area contributed by atoms with Crippen LogP contribution in [-0.2, 0) is 16.0 Å². The van der Waals surface area contributed by atoms with Crippen LogP contribution in [-0.4, -0.2) is 48.8 Å². The van der Waals surface area contributed by atoms with Gasteiger partial charge in [-0.25, -0.2) is 4.57 Å². The first kappa shape index (κ1) is 21.7. The summed E-state index contributed by atoms with van der Waals surface area (Å²) < 4.78 is 13.6. The molecule has 0 spiro atoms. The Morgan fingerprint density at radius 2 is 2.13 bits per heavy atom. The first-order chi connectivity index (χ1) is 14.6. The summed E-state index contributed by atoms with van der Waals surface area (Å²) in [5, 5.41) is 3.17. The number of fused-ring (bicyclic) bond motifs is 2. The van der Waals surface area contributed by atoms with Crippen molar-refractivity contribution < 1.29 is 18.8 Å². The second kappa shape index (κ2) is 10.1. The average Bonchev–Trinajstić information content (AvgIpc) is 2.75. The highest BCUT2D eigenvalue weighted by Gasteiger charge is 2.24. The average molecular weight is 414 g/mol. The fourth-order valence-electron chi connectivity index (χ4n) is 3.29. The van der Waals surface area contributed by atoms with Gasteiger partial charge in [-0.05, 0) is 31.5 Å². The molecule has 0 unspecified atom stereocenters. The Morgan fingerprint density at radius 3 is 2.90 bits per heavy atom. The van der Waals surface area contributed by atoms with E-state index in [4.69, 9.17) is 15.2 Å². The normalized spacial score (nSPS) is 11.3. The van der Waals surface area contributed by atoms with Crippen LogP contribution in [0.15, 0.2) is 35.3 Å². The quantitative estimate of drug-likeness (QED) is 0.290. The fraction of sp³-hybridized carbons (Fsp3) is 0.429. The first-order valence-corrected chi connectivity index (χ1v) is 10.1. The van der Waals surface area contributed by atoms with Crippen LogP contribution in [0, 0.1) is 0 Å². The Balaban J connectivity index is 2.09. The molecule has 0 bridgehead atoms. The van der Waals surface area contributed by atoms with Crippen LogP contribution in [0.25, 0.3) is 16.7 Å². The molecule has 3 N–H and O–H groups in total. The third-order valence-electron chi connectivity index (χ3n) is 4.79. The molecule has 0 aromatic carbocycles. The van der Waals surface area contributed by atoms with E-state index in [0.29, 0.717) is 62.4 Å². The third-order valence-corrected chi connectivity index (χ3v) is 4.79. The zero-order chi connectivity index (χ0) is 21.5. The van der Waals surface area contributed by atoms with Gasteiger partial charge in [-0.1, -0.05) is 11.1 Å². The Kier molecular flexibility index (Phi) is 7.31. The van der Waals surface area contributed by atoms with Crippen molar-refractivity contribution in [2.45, 2.75) is 26.3 Å². The van der Waals surface area contributed by atoms with E-state index >= 15 is 0 Å². The lowest BCUT2D eigenvalue weighted by atomic mass is 10.1. The van der Waals surface area contributed by atoms with E-state index in [9.17, 15) is 9.59 Å². The highest BCUT2D eigenvalue weighted by Crippen LogP contribution is 2.15. The summed E-state index contributed by atoms with van der Waals surface area (Å²) in [5.41, 5.74) is 7.36. The number of ether oxygens (including phenoxy) is 2. The largest absolute Gasteiger partial charge is 0.385 e. The van der Waals surface area contributed by atoms with Gasteiger partial charge in [-0.15, -0.1) is 0 Å². The number of anilines is 1. The van der Waals surface area contributed by atoms with Gasteiger partial charge >= 0.3 is 0 Å². The van der Waals surface area contributed by atoms with E-state index in [1.54, 1.807) is 30.0 Å². The lowest BCUT2D eigenvalue weighted by Gasteiger charge is -2.12. The minimum absolute atomic E-state index is 0.248. The molecule has 1 amide bonds. The van der Waals surface area contributed by atoms with E-state index in [-0.39, 0.29) is 22.8 Å². The van der Waals surface area contributed by atoms with Gasteiger partial charge in [0.25, 0.3) is 17.1 Å². The molecule has 0 atom stereocenters. The second-order valence-corrected chi connectivity index (χ2v) is 6.83. The van der Waals surface area contributed by atoms with Gasteiger partial charge in [0, 0.05) is 46.1 Å². The molecule has 3 heterocycles. The first-order valence-electron chi connectivity index (χ1n) is 10.1. The number of nitrogens with zero attached hydrogens (tertiary/aromatic N) is 3. The van der Waals surface area contributed by atoms with E-state index in [0.717, 1.165) is 0 Å². The van der Waals surface area contributed by atoms with Crippen LogP contribution >= 0.6 is 0 Å². The summed E-state index contributed by atoms with van der Waals surface area (Å²) in [5.74, 6) is -0.0583. The number of aryl methyl sites for hydroxylation is 1. The Morgan fingerprint density at radius 1 is 1.30 bits per heavy atom.